The van der Waals surface area contributed by atoms with Crippen molar-refractivity contribution in [3.05, 3.63) is 34.9 Å². The van der Waals surface area contributed by atoms with Gasteiger partial charge in [0.2, 0.25) is 0 Å². The summed E-state index contributed by atoms with van der Waals surface area (Å²) in [7, 11) is 0. The van der Waals surface area contributed by atoms with Gasteiger partial charge in [0.05, 0.1) is 5.41 Å². The van der Waals surface area contributed by atoms with E-state index in [1.165, 1.54) is 0 Å². The average molecular weight is 268 g/mol. The molecule has 0 spiro atoms. The smallest absolute Gasteiger partial charge is 0.310 e. The summed E-state index contributed by atoms with van der Waals surface area (Å²) in [6.45, 7) is 5.27. The van der Waals surface area contributed by atoms with E-state index in [0.29, 0.717) is 13.0 Å². The zero-order valence-corrected chi connectivity index (χ0v) is 11.4. The van der Waals surface area contributed by atoms with Gasteiger partial charge < -0.3 is 5.11 Å². The summed E-state index contributed by atoms with van der Waals surface area (Å²) in [5.74, 6) is -0.712. The van der Waals surface area contributed by atoms with Gasteiger partial charge in [-0.3, -0.25) is 9.69 Å². The molecule has 0 bridgehead atoms. The number of carbonyl (C=O) groups is 1. The first kappa shape index (κ1) is 13.4. The molecule has 2 unspecified atom stereocenters. The normalized spacial score (nSPS) is 26.2. The molecular weight excluding hydrogens is 250 g/mol. The topological polar surface area (TPSA) is 40.5 Å². The van der Waals surface area contributed by atoms with Crippen LogP contribution in [0.1, 0.15) is 31.9 Å². The summed E-state index contributed by atoms with van der Waals surface area (Å²) in [6, 6.07) is 7.90. The van der Waals surface area contributed by atoms with Gasteiger partial charge in [-0.25, -0.2) is 0 Å². The summed E-state index contributed by atoms with van der Waals surface area (Å²) < 4.78 is 0. The SMILES string of the molecule is CC(c1ccccc1Cl)N1CCC(C)(C(=O)O)C1. The largest absolute Gasteiger partial charge is 0.481 e. The van der Waals surface area contributed by atoms with Crippen molar-refractivity contribution >= 4 is 17.6 Å². The predicted molar refractivity (Wildman–Crippen MR) is 71.8 cm³/mol. The third kappa shape index (κ3) is 2.38. The minimum absolute atomic E-state index is 0.153. The first-order chi connectivity index (χ1) is 8.44. The maximum atomic E-state index is 11.2. The summed E-state index contributed by atoms with van der Waals surface area (Å²) >= 11 is 6.19. The number of carboxylic acids is 1. The lowest BCUT2D eigenvalue weighted by Crippen LogP contribution is -2.33. The van der Waals surface area contributed by atoms with Crippen molar-refractivity contribution in [2.45, 2.75) is 26.3 Å². The third-order valence-electron chi connectivity index (χ3n) is 3.92. The van der Waals surface area contributed by atoms with Gasteiger partial charge in [0.15, 0.2) is 0 Å². The Hall–Kier alpha value is -1.06. The molecule has 1 aliphatic heterocycles. The highest BCUT2D eigenvalue weighted by Gasteiger charge is 2.42. The fourth-order valence-electron chi connectivity index (χ4n) is 2.51. The molecule has 0 aliphatic carbocycles. The fraction of sp³-hybridized carbons (Fsp3) is 0.500. The molecule has 0 aromatic heterocycles. The zero-order valence-electron chi connectivity index (χ0n) is 10.7. The number of hydrogen-bond donors (Lipinski definition) is 1. The van der Waals surface area contributed by atoms with Gasteiger partial charge in [-0.1, -0.05) is 29.8 Å². The van der Waals surface area contributed by atoms with Crippen LogP contribution in [0.2, 0.25) is 5.02 Å². The van der Waals surface area contributed by atoms with Crippen molar-refractivity contribution in [1.82, 2.24) is 4.90 Å². The van der Waals surface area contributed by atoms with Crippen molar-refractivity contribution in [3.8, 4) is 0 Å². The Labute approximate surface area is 112 Å². The lowest BCUT2D eigenvalue weighted by atomic mass is 9.90. The minimum atomic E-state index is -0.712. The molecule has 1 N–H and O–H groups in total. The van der Waals surface area contributed by atoms with Crippen LogP contribution in [0.15, 0.2) is 24.3 Å². The highest BCUT2D eigenvalue weighted by Crippen LogP contribution is 2.36. The highest BCUT2D eigenvalue weighted by molar-refractivity contribution is 6.31. The first-order valence-corrected chi connectivity index (χ1v) is 6.54. The number of likely N-dealkylation sites (tertiary alicyclic amines) is 1. The van der Waals surface area contributed by atoms with Gasteiger partial charge in [0, 0.05) is 17.6 Å². The van der Waals surface area contributed by atoms with Crippen LogP contribution in [-0.2, 0) is 4.79 Å². The van der Waals surface area contributed by atoms with Gasteiger partial charge in [0.25, 0.3) is 0 Å². The maximum absolute atomic E-state index is 11.2. The molecule has 1 heterocycles. The lowest BCUT2D eigenvalue weighted by molar-refractivity contribution is -0.147. The molecule has 1 aliphatic rings. The monoisotopic (exact) mass is 267 g/mol. The Morgan fingerprint density at radius 1 is 1.50 bits per heavy atom. The maximum Gasteiger partial charge on any atom is 0.310 e. The Kier molecular flexibility index (Phi) is 3.64. The minimum Gasteiger partial charge on any atom is -0.481 e. The van der Waals surface area contributed by atoms with E-state index in [1.54, 1.807) is 0 Å². The molecule has 0 radical (unpaired) electrons. The van der Waals surface area contributed by atoms with Crippen LogP contribution in [0.25, 0.3) is 0 Å². The van der Waals surface area contributed by atoms with Crippen molar-refractivity contribution in [3.63, 3.8) is 0 Å². The van der Waals surface area contributed by atoms with Gasteiger partial charge in [-0.05, 0) is 38.4 Å². The first-order valence-electron chi connectivity index (χ1n) is 6.16. The summed E-state index contributed by atoms with van der Waals surface area (Å²) in [5.41, 5.74) is 0.434. The molecule has 1 aromatic rings. The van der Waals surface area contributed by atoms with Crippen LogP contribution >= 0.6 is 11.6 Å². The Bertz CT molecular complexity index is 463. The molecule has 18 heavy (non-hydrogen) atoms. The lowest BCUT2D eigenvalue weighted by Gasteiger charge is -2.27. The Balaban J connectivity index is 2.15. The van der Waals surface area contributed by atoms with Crippen molar-refractivity contribution in [2.24, 2.45) is 5.41 Å². The van der Waals surface area contributed by atoms with Crippen LogP contribution in [0, 0.1) is 5.41 Å². The Morgan fingerprint density at radius 2 is 2.17 bits per heavy atom. The van der Waals surface area contributed by atoms with E-state index in [4.69, 9.17) is 11.6 Å². The number of halogens is 1. The number of benzene rings is 1. The average Bonchev–Trinajstić information content (AvgIpc) is 2.73. The second-order valence-corrected chi connectivity index (χ2v) is 5.69. The standard InChI is InChI=1S/C14H18ClNO2/c1-10(11-5-3-4-6-12(11)15)16-8-7-14(2,9-16)13(17)18/h3-6,10H,7-9H2,1-2H3,(H,17,18). The Morgan fingerprint density at radius 3 is 2.72 bits per heavy atom. The molecule has 1 saturated heterocycles. The molecular formula is C14H18ClNO2. The molecule has 1 fully saturated rings. The van der Waals surface area contributed by atoms with E-state index >= 15 is 0 Å². The molecule has 98 valence electrons. The van der Waals surface area contributed by atoms with E-state index in [1.807, 2.05) is 31.2 Å². The summed E-state index contributed by atoms with van der Waals surface area (Å²) in [4.78, 5) is 13.4. The van der Waals surface area contributed by atoms with E-state index < -0.39 is 11.4 Å². The van der Waals surface area contributed by atoms with Crippen LogP contribution in [0.5, 0.6) is 0 Å². The third-order valence-corrected chi connectivity index (χ3v) is 4.27. The van der Waals surface area contributed by atoms with Crippen molar-refractivity contribution < 1.29 is 9.90 Å². The van der Waals surface area contributed by atoms with Crippen LogP contribution in [0.4, 0.5) is 0 Å². The van der Waals surface area contributed by atoms with Gasteiger partial charge in [-0.15, -0.1) is 0 Å². The molecule has 1 aromatic carbocycles. The highest BCUT2D eigenvalue weighted by atomic mass is 35.5. The molecule has 2 atom stereocenters. The number of hydrogen-bond acceptors (Lipinski definition) is 2. The molecule has 2 rings (SSSR count). The van der Waals surface area contributed by atoms with Gasteiger partial charge >= 0.3 is 5.97 Å². The van der Waals surface area contributed by atoms with E-state index in [-0.39, 0.29) is 6.04 Å². The van der Waals surface area contributed by atoms with E-state index in [2.05, 4.69) is 11.8 Å². The second kappa shape index (κ2) is 4.90. The van der Waals surface area contributed by atoms with E-state index in [0.717, 1.165) is 17.1 Å². The van der Waals surface area contributed by atoms with Crippen LogP contribution < -0.4 is 0 Å². The molecule has 0 amide bonds. The van der Waals surface area contributed by atoms with Gasteiger partial charge in [0.1, 0.15) is 0 Å². The second-order valence-electron chi connectivity index (χ2n) is 5.28. The summed E-state index contributed by atoms with van der Waals surface area (Å²) in [6.07, 6.45) is 0.692. The van der Waals surface area contributed by atoms with Crippen molar-refractivity contribution in [1.29, 1.82) is 0 Å². The fourth-order valence-corrected chi connectivity index (χ4v) is 2.81. The number of aliphatic carboxylic acids is 1. The molecule has 3 nitrogen and oxygen atoms in total. The number of carboxylic acid groups (broad SMARTS) is 1. The zero-order chi connectivity index (χ0) is 13.3. The predicted octanol–water partition coefficient (Wildman–Crippen LogP) is 3.20. The van der Waals surface area contributed by atoms with Crippen molar-refractivity contribution in [2.75, 3.05) is 13.1 Å². The van der Waals surface area contributed by atoms with Gasteiger partial charge in [-0.2, -0.15) is 0 Å². The number of rotatable bonds is 3. The molecule has 4 heteroatoms. The van der Waals surface area contributed by atoms with Crippen LogP contribution in [-0.4, -0.2) is 29.1 Å². The molecule has 0 saturated carbocycles. The summed E-state index contributed by atoms with van der Waals surface area (Å²) in [5, 5.41) is 9.99. The van der Waals surface area contributed by atoms with Crippen LogP contribution in [0.3, 0.4) is 0 Å². The quantitative estimate of drug-likeness (QED) is 0.914. The number of nitrogens with zero attached hydrogens (tertiary/aromatic N) is 1. The van der Waals surface area contributed by atoms with E-state index in [9.17, 15) is 9.90 Å².